The lowest BCUT2D eigenvalue weighted by atomic mass is 10.1. The molecule has 1 aliphatic rings. The van der Waals surface area contributed by atoms with Gasteiger partial charge in [0.25, 0.3) is 5.56 Å². The Morgan fingerprint density at radius 2 is 2.15 bits per heavy atom. The second-order valence-corrected chi connectivity index (χ2v) is 7.31. The Kier molecular flexibility index (Phi) is 5.26. The van der Waals surface area contributed by atoms with Crippen LogP contribution in [0, 0.1) is 0 Å². The van der Waals surface area contributed by atoms with E-state index in [1.807, 2.05) is 19.1 Å². The number of hydrogen-bond acceptors (Lipinski definition) is 6. The topological polar surface area (TPSA) is 117 Å². The normalized spacial score (nSPS) is 17.1. The molecule has 1 aromatic carbocycles. The van der Waals surface area contributed by atoms with E-state index in [0.29, 0.717) is 35.6 Å². The summed E-state index contributed by atoms with van der Waals surface area (Å²) >= 11 is 3.27. The second kappa shape index (κ2) is 7.47. The minimum Gasteiger partial charge on any atom is -0.465 e. The maximum atomic E-state index is 12.2. The number of nitrogens with zero attached hydrogens (tertiary/aromatic N) is 4. The number of benzene rings is 1. The second-order valence-electron chi connectivity index (χ2n) is 6.50. The predicted molar refractivity (Wildman–Crippen MR) is 108 cm³/mol. The van der Waals surface area contributed by atoms with E-state index in [4.69, 9.17) is 10.8 Å². The summed E-state index contributed by atoms with van der Waals surface area (Å²) in [4.78, 5) is 31.0. The van der Waals surface area contributed by atoms with Crippen LogP contribution in [0.25, 0.3) is 0 Å². The molecular formula is C17H21BrN6O3. The van der Waals surface area contributed by atoms with Crippen molar-refractivity contribution < 1.29 is 9.90 Å². The average Bonchev–Trinajstić information content (AvgIpc) is 2.60. The molecule has 1 aliphatic heterocycles. The number of nitrogens with one attached hydrogen (secondary N) is 1. The molecule has 9 nitrogen and oxygen atoms in total. The Bertz CT molecular complexity index is 931. The van der Waals surface area contributed by atoms with Gasteiger partial charge in [-0.2, -0.15) is 0 Å². The van der Waals surface area contributed by atoms with E-state index >= 15 is 0 Å². The lowest BCUT2D eigenvalue weighted by molar-refractivity contribution is 0.136. The summed E-state index contributed by atoms with van der Waals surface area (Å²) in [5.41, 5.74) is 8.02. The fourth-order valence-corrected chi connectivity index (χ4v) is 3.65. The molecule has 144 valence electrons. The standard InChI is InChI=1S/C17H21BrN6O3/c1-10-8-23(17(26)27)5-6-24(10)13-4-3-11(7-12(13)19)20-15-16(25)22(2)9-14(18)21-15/h3-4,7,9-10H,5-6,8,19H2,1-2H3,(H,20,21)(H,26,27)/t10-/m0/s1. The minimum atomic E-state index is -0.905. The first-order chi connectivity index (χ1) is 12.8. The van der Waals surface area contributed by atoms with Crippen LogP contribution in [-0.2, 0) is 7.05 Å². The molecule has 2 heterocycles. The Morgan fingerprint density at radius 3 is 2.78 bits per heavy atom. The largest absolute Gasteiger partial charge is 0.465 e. The molecule has 0 spiro atoms. The van der Waals surface area contributed by atoms with Crippen molar-refractivity contribution in [3.8, 4) is 0 Å². The molecule has 1 amide bonds. The van der Waals surface area contributed by atoms with Crippen LogP contribution in [0.4, 0.5) is 27.7 Å². The van der Waals surface area contributed by atoms with Gasteiger partial charge in [0.1, 0.15) is 4.60 Å². The first-order valence-electron chi connectivity index (χ1n) is 8.40. The van der Waals surface area contributed by atoms with E-state index in [9.17, 15) is 9.59 Å². The van der Waals surface area contributed by atoms with Gasteiger partial charge >= 0.3 is 6.09 Å². The molecule has 0 aliphatic carbocycles. The van der Waals surface area contributed by atoms with Gasteiger partial charge in [0.05, 0.1) is 11.4 Å². The van der Waals surface area contributed by atoms with E-state index in [-0.39, 0.29) is 17.4 Å². The van der Waals surface area contributed by atoms with Gasteiger partial charge in [-0.05, 0) is 41.1 Å². The number of halogens is 1. The molecule has 0 radical (unpaired) electrons. The zero-order chi connectivity index (χ0) is 19.7. The summed E-state index contributed by atoms with van der Waals surface area (Å²) in [6, 6.07) is 5.44. The molecule has 0 unspecified atom stereocenters. The van der Waals surface area contributed by atoms with Crippen molar-refractivity contribution >= 4 is 44.9 Å². The van der Waals surface area contributed by atoms with Gasteiger partial charge in [-0.3, -0.25) is 4.79 Å². The maximum absolute atomic E-state index is 12.2. The Balaban J connectivity index is 1.81. The first kappa shape index (κ1) is 19.0. The van der Waals surface area contributed by atoms with Gasteiger partial charge in [-0.1, -0.05) is 0 Å². The van der Waals surface area contributed by atoms with Gasteiger partial charge in [0, 0.05) is 44.6 Å². The van der Waals surface area contributed by atoms with Gasteiger partial charge in [-0.15, -0.1) is 0 Å². The van der Waals surface area contributed by atoms with Crippen LogP contribution in [0.1, 0.15) is 6.92 Å². The predicted octanol–water partition coefficient (Wildman–Crippen LogP) is 2.06. The van der Waals surface area contributed by atoms with Gasteiger partial charge in [0.2, 0.25) is 0 Å². The zero-order valence-electron chi connectivity index (χ0n) is 15.0. The average molecular weight is 437 g/mol. The summed E-state index contributed by atoms with van der Waals surface area (Å²) in [5, 5.41) is 12.1. The number of carbonyl (C=O) groups is 1. The quantitative estimate of drug-likeness (QED) is 0.630. The van der Waals surface area contributed by atoms with Crippen molar-refractivity contribution in [2.24, 2.45) is 7.05 Å². The number of anilines is 4. The highest BCUT2D eigenvalue weighted by atomic mass is 79.9. The number of aromatic nitrogens is 2. The van der Waals surface area contributed by atoms with Crippen molar-refractivity contribution in [1.82, 2.24) is 14.5 Å². The van der Waals surface area contributed by atoms with Crippen LogP contribution in [0.3, 0.4) is 0 Å². The summed E-state index contributed by atoms with van der Waals surface area (Å²) < 4.78 is 1.97. The van der Waals surface area contributed by atoms with Gasteiger partial charge < -0.3 is 30.5 Å². The molecule has 1 atom stereocenters. The highest BCUT2D eigenvalue weighted by Crippen LogP contribution is 2.30. The SMILES string of the molecule is C[C@H]1CN(C(=O)O)CCN1c1ccc(Nc2nc(Br)cn(C)c2=O)cc1N. The molecule has 1 fully saturated rings. The highest BCUT2D eigenvalue weighted by Gasteiger charge is 2.27. The molecule has 4 N–H and O–H groups in total. The molecule has 0 saturated carbocycles. The number of hydrogen-bond donors (Lipinski definition) is 3. The summed E-state index contributed by atoms with van der Waals surface area (Å²) in [6.07, 6.45) is 0.681. The van der Waals surface area contributed by atoms with Crippen LogP contribution in [0.5, 0.6) is 0 Å². The lowest BCUT2D eigenvalue weighted by Gasteiger charge is -2.40. The van der Waals surface area contributed by atoms with Crippen molar-refractivity contribution in [1.29, 1.82) is 0 Å². The van der Waals surface area contributed by atoms with Crippen LogP contribution in [0.15, 0.2) is 33.8 Å². The lowest BCUT2D eigenvalue weighted by Crippen LogP contribution is -2.53. The smallest absolute Gasteiger partial charge is 0.407 e. The summed E-state index contributed by atoms with van der Waals surface area (Å²) in [7, 11) is 1.65. The number of piperazine rings is 1. The third-order valence-electron chi connectivity index (χ3n) is 4.54. The zero-order valence-corrected chi connectivity index (χ0v) is 16.6. The van der Waals surface area contributed by atoms with E-state index in [2.05, 4.69) is 31.1 Å². The number of rotatable bonds is 3. The number of nitrogens with two attached hydrogens (primary N) is 1. The van der Waals surface area contributed by atoms with E-state index in [1.165, 1.54) is 9.47 Å². The molecular weight excluding hydrogens is 416 g/mol. The molecule has 0 bridgehead atoms. The summed E-state index contributed by atoms with van der Waals surface area (Å²) in [5.74, 6) is 0.197. The van der Waals surface area contributed by atoms with E-state index in [0.717, 1.165) is 5.69 Å². The maximum Gasteiger partial charge on any atom is 0.407 e. The van der Waals surface area contributed by atoms with E-state index in [1.54, 1.807) is 19.3 Å². The third-order valence-corrected chi connectivity index (χ3v) is 4.92. The fourth-order valence-electron chi connectivity index (χ4n) is 3.17. The molecule has 2 aromatic rings. The van der Waals surface area contributed by atoms with Crippen molar-refractivity contribution in [3.05, 3.63) is 39.4 Å². The van der Waals surface area contributed by atoms with Crippen LogP contribution in [-0.4, -0.2) is 51.3 Å². The Morgan fingerprint density at radius 1 is 1.41 bits per heavy atom. The van der Waals surface area contributed by atoms with Crippen LogP contribution >= 0.6 is 15.9 Å². The molecule has 10 heteroatoms. The van der Waals surface area contributed by atoms with Gasteiger partial charge in [-0.25, -0.2) is 9.78 Å². The van der Waals surface area contributed by atoms with Crippen LogP contribution < -0.4 is 21.5 Å². The summed E-state index contributed by atoms with van der Waals surface area (Å²) in [6.45, 7) is 3.39. The third kappa shape index (κ3) is 4.00. The monoisotopic (exact) mass is 436 g/mol. The molecule has 1 aromatic heterocycles. The fraction of sp³-hybridized carbons (Fsp3) is 0.353. The molecule has 27 heavy (non-hydrogen) atoms. The Hall–Kier alpha value is -2.75. The number of aryl methyl sites for hydroxylation is 1. The molecule has 3 rings (SSSR count). The number of carboxylic acid groups (broad SMARTS) is 1. The Labute approximate surface area is 164 Å². The van der Waals surface area contributed by atoms with Crippen LogP contribution in [0.2, 0.25) is 0 Å². The van der Waals surface area contributed by atoms with E-state index < -0.39 is 6.09 Å². The first-order valence-corrected chi connectivity index (χ1v) is 9.20. The van der Waals surface area contributed by atoms with Gasteiger partial charge in [0.15, 0.2) is 5.82 Å². The molecule has 1 saturated heterocycles. The highest BCUT2D eigenvalue weighted by molar-refractivity contribution is 9.10. The number of amides is 1. The number of nitrogen functional groups attached to an aromatic ring is 1. The minimum absolute atomic E-state index is 0.00926. The van der Waals surface area contributed by atoms with Crippen molar-refractivity contribution in [2.45, 2.75) is 13.0 Å². The van der Waals surface area contributed by atoms with Crippen molar-refractivity contribution in [2.75, 3.05) is 35.6 Å². The van der Waals surface area contributed by atoms with Crippen molar-refractivity contribution in [3.63, 3.8) is 0 Å².